The first-order chi connectivity index (χ1) is 15.5. The van der Waals surface area contributed by atoms with Gasteiger partial charge in [0, 0.05) is 12.3 Å². The van der Waals surface area contributed by atoms with Crippen LogP contribution >= 0.6 is 0 Å². The Bertz CT molecular complexity index is 1260. The molecule has 0 aliphatic rings. The summed E-state index contributed by atoms with van der Waals surface area (Å²) in [5, 5.41) is 22.7. The molecule has 2 heterocycles. The molecule has 4 rings (SSSR count). The van der Waals surface area contributed by atoms with Crippen LogP contribution in [0.4, 0.5) is 0 Å². The molecule has 1 amide bonds. The molecule has 0 aliphatic carbocycles. The Labute approximate surface area is 181 Å². The van der Waals surface area contributed by atoms with Gasteiger partial charge in [-0.05, 0) is 21.6 Å². The minimum Gasteiger partial charge on any atom is -0.480 e. The first-order valence-corrected chi connectivity index (χ1v) is 9.65. The molecule has 4 aromatic rings. The molecule has 0 spiro atoms. The largest absolute Gasteiger partial charge is 0.480 e. The molecule has 2 aromatic carbocycles. The van der Waals surface area contributed by atoms with Crippen molar-refractivity contribution in [2.24, 2.45) is 0 Å². The van der Waals surface area contributed by atoms with Crippen molar-refractivity contribution in [1.82, 2.24) is 30.5 Å². The standard InChI is InChI=1S/C22H18N6O4/c29-18-11-17(21-25-26-27-28(21)13-19(30)31)23-12-16(18)22(32)24-20(14-7-3-1-4-8-14)15-9-5-2-6-10-15/h1-12,20H,13H2,(H,23,29)(H,24,32)(H,30,31). The van der Waals surface area contributed by atoms with Crippen molar-refractivity contribution in [3.63, 3.8) is 0 Å². The van der Waals surface area contributed by atoms with Crippen LogP contribution in [0.15, 0.2) is 77.7 Å². The van der Waals surface area contributed by atoms with E-state index in [1.165, 1.54) is 12.3 Å². The van der Waals surface area contributed by atoms with Gasteiger partial charge in [0.15, 0.2) is 11.3 Å². The molecule has 10 heteroatoms. The number of tetrazole rings is 1. The summed E-state index contributed by atoms with van der Waals surface area (Å²) in [5.41, 5.74) is 1.28. The molecular weight excluding hydrogens is 412 g/mol. The minimum atomic E-state index is -1.13. The highest BCUT2D eigenvalue weighted by Gasteiger charge is 2.20. The van der Waals surface area contributed by atoms with Crippen molar-refractivity contribution in [3.8, 4) is 11.5 Å². The molecule has 0 fully saturated rings. The lowest BCUT2D eigenvalue weighted by molar-refractivity contribution is -0.137. The van der Waals surface area contributed by atoms with Gasteiger partial charge in [0.25, 0.3) is 5.91 Å². The van der Waals surface area contributed by atoms with E-state index in [-0.39, 0.29) is 17.1 Å². The zero-order valence-corrected chi connectivity index (χ0v) is 16.7. The van der Waals surface area contributed by atoms with E-state index >= 15 is 0 Å². The summed E-state index contributed by atoms with van der Waals surface area (Å²) in [7, 11) is 0. The second-order valence-electron chi connectivity index (χ2n) is 6.91. The third-order valence-electron chi connectivity index (χ3n) is 4.76. The topological polar surface area (TPSA) is 143 Å². The number of pyridine rings is 1. The van der Waals surface area contributed by atoms with E-state index in [4.69, 9.17) is 5.11 Å². The number of carbonyl (C=O) groups is 2. The maximum Gasteiger partial charge on any atom is 0.325 e. The summed E-state index contributed by atoms with van der Waals surface area (Å²) in [6.07, 6.45) is 1.26. The molecular formula is C22H18N6O4. The fraction of sp³-hybridized carbons (Fsp3) is 0.0909. The van der Waals surface area contributed by atoms with Crippen LogP contribution in [0, 0.1) is 0 Å². The number of aromatic amines is 1. The van der Waals surface area contributed by atoms with Crippen molar-refractivity contribution in [2.75, 3.05) is 0 Å². The molecule has 0 bridgehead atoms. The smallest absolute Gasteiger partial charge is 0.325 e. The summed E-state index contributed by atoms with van der Waals surface area (Å²) in [6, 6.07) is 19.6. The average Bonchev–Trinajstić information content (AvgIpc) is 3.26. The number of aromatic nitrogens is 5. The number of hydrogen-bond donors (Lipinski definition) is 3. The van der Waals surface area contributed by atoms with Crippen molar-refractivity contribution in [3.05, 3.63) is 99.8 Å². The SMILES string of the molecule is O=C(O)Cn1nnnc1-c1cc(=O)c(C(=O)NC(c2ccccc2)c2ccccc2)c[nH]1. The van der Waals surface area contributed by atoms with Crippen molar-refractivity contribution in [2.45, 2.75) is 12.6 Å². The first-order valence-electron chi connectivity index (χ1n) is 9.65. The van der Waals surface area contributed by atoms with E-state index in [1.807, 2.05) is 60.7 Å². The number of aliphatic carboxylic acids is 1. The third kappa shape index (κ3) is 4.43. The van der Waals surface area contributed by atoms with Crippen LogP contribution in [-0.2, 0) is 11.3 Å². The van der Waals surface area contributed by atoms with Crippen molar-refractivity contribution < 1.29 is 14.7 Å². The maximum absolute atomic E-state index is 13.0. The number of carboxylic acids is 1. The van der Waals surface area contributed by atoms with Crippen LogP contribution in [0.3, 0.4) is 0 Å². The molecule has 0 atom stereocenters. The molecule has 32 heavy (non-hydrogen) atoms. The number of amides is 1. The highest BCUT2D eigenvalue weighted by molar-refractivity contribution is 5.94. The molecule has 0 unspecified atom stereocenters. The quantitative estimate of drug-likeness (QED) is 0.404. The van der Waals surface area contributed by atoms with E-state index in [2.05, 4.69) is 25.8 Å². The van der Waals surface area contributed by atoms with Gasteiger partial charge >= 0.3 is 5.97 Å². The van der Waals surface area contributed by atoms with Gasteiger partial charge in [0.1, 0.15) is 12.1 Å². The average molecular weight is 430 g/mol. The van der Waals surface area contributed by atoms with Crippen molar-refractivity contribution in [1.29, 1.82) is 0 Å². The minimum absolute atomic E-state index is 0.0721. The van der Waals surface area contributed by atoms with E-state index in [1.54, 1.807) is 0 Å². The molecule has 3 N–H and O–H groups in total. The van der Waals surface area contributed by atoms with Gasteiger partial charge in [0.2, 0.25) is 0 Å². The van der Waals surface area contributed by atoms with Gasteiger partial charge in [-0.3, -0.25) is 14.4 Å². The lowest BCUT2D eigenvalue weighted by atomic mass is 9.98. The second-order valence-corrected chi connectivity index (χ2v) is 6.91. The van der Waals surface area contributed by atoms with Crippen molar-refractivity contribution >= 4 is 11.9 Å². The van der Waals surface area contributed by atoms with Crippen LogP contribution in [0.25, 0.3) is 11.5 Å². The number of nitrogens with zero attached hydrogens (tertiary/aromatic N) is 4. The van der Waals surface area contributed by atoms with E-state index in [0.29, 0.717) is 0 Å². The lowest BCUT2D eigenvalue weighted by Crippen LogP contribution is -2.32. The Kier molecular flexibility index (Phi) is 5.84. The molecule has 160 valence electrons. The van der Waals surface area contributed by atoms with Gasteiger partial charge in [-0.25, -0.2) is 4.68 Å². The number of nitrogens with one attached hydrogen (secondary N) is 2. The highest BCUT2D eigenvalue weighted by Crippen LogP contribution is 2.22. The Hall–Kier alpha value is -4.60. The summed E-state index contributed by atoms with van der Waals surface area (Å²) in [5.74, 6) is -1.62. The molecule has 0 radical (unpaired) electrons. The predicted molar refractivity (Wildman–Crippen MR) is 114 cm³/mol. The Morgan fingerprint density at radius 3 is 2.22 bits per heavy atom. The van der Waals surface area contributed by atoms with E-state index in [0.717, 1.165) is 15.8 Å². The number of rotatable bonds is 7. The maximum atomic E-state index is 13.0. The third-order valence-corrected chi connectivity index (χ3v) is 4.76. The Balaban J connectivity index is 1.62. The summed E-state index contributed by atoms with van der Waals surface area (Å²) >= 11 is 0. The summed E-state index contributed by atoms with van der Waals surface area (Å²) < 4.78 is 1.04. The second kappa shape index (κ2) is 9.04. The monoisotopic (exact) mass is 430 g/mol. The number of carbonyl (C=O) groups excluding carboxylic acids is 1. The normalized spacial score (nSPS) is 10.8. The van der Waals surface area contributed by atoms with Gasteiger partial charge in [-0.2, -0.15) is 0 Å². The van der Waals surface area contributed by atoms with E-state index in [9.17, 15) is 14.4 Å². The zero-order valence-electron chi connectivity index (χ0n) is 16.7. The van der Waals surface area contributed by atoms with Gasteiger partial charge in [-0.15, -0.1) is 5.10 Å². The van der Waals surface area contributed by atoms with Crippen LogP contribution in [0.5, 0.6) is 0 Å². The van der Waals surface area contributed by atoms with E-state index < -0.39 is 29.9 Å². The fourth-order valence-electron chi connectivity index (χ4n) is 3.27. The van der Waals surface area contributed by atoms with Crippen LogP contribution in [0.2, 0.25) is 0 Å². The summed E-state index contributed by atoms with van der Waals surface area (Å²) in [4.78, 5) is 39.4. The Morgan fingerprint density at radius 1 is 1.03 bits per heavy atom. The zero-order chi connectivity index (χ0) is 22.5. The summed E-state index contributed by atoms with van der Waals surface area (Å²) in [6.45, 7) is -0.470. The molecule has 2 aromatic heterocycles. The predicted octanol–water partition coefficient (Wildman–Crippen LogP) is 1.63. The lowest BCUT2D eigenvalue weighted by Gasteiger charge is -2.20. The number of H-pyrrole nitrogens is 1. The van der Waals surface area contributed by atoms with Gasteiger partial charge < -0.3 is 15.4 Å². The molecule has 10 nitrogen and oxygen atoms in total. The first kappa shape index (κ1) is 20.7. The van der Waals surface area contributed by atoms with Gasteiger partial charge in [-0.1, -0.05) is 60.7 Å². The molecule has 0 saturated carbocycles. The highest BCUT2D eigenvalue weighted by atomic mass is 16.4. The number of benzene rings is 2. The van der Waals surface area contributed by atoms with Crippen LogP contribution < -0.4 is 10.7 Å². The molecule has 0 aliphatic heterocycles. The van der Waals surface area contributed by atoms with Crippen LogP contribution in [0.1, 0.15) is 27.5 Å². The fourth-order valence-corrected chi connectivity index (χ4v) is 3.27. The van der Waals surface area contributed by atoms with Crippen LogP contribution in [-0.4, -0.2) is 42.2 Å². The van der Waals surface area contributed by atoms with Gasteiger partial charge in [0.05, 0.1) is 11.7 Å². The Morgan fingerprint density at radius 2 is 1.66 bits per heavy atom. The number of carboxylic acid groups (broad SMARTS) is 1. The molecule has 0 saturated heterocycles. The number of hydrogen-bond acceptors (Lipinski definition) is 6.